The number of anilines is 1. The van der Waals surface area contributed by atoms with Gasteiger partial charge in [0.25, 0.3) is 0 Å². The molecule has 0 amide bonds. The Labute approximate surface area is 114 Å². The van der Waals surface area contributed by atoms with Crippen LogP contribution >= 0.6 is 0 Å². The number of esters is 1. The van der Waals surface area contributed by atoms with Gasteiger partial charge < -0.3 is 15.2 Å². The molecule has 2 rings (SSSR count). The zero-order valence-electron chi connectivity index (χ0n) is 10.8. The highest BCUT2D eigenvalue weighted by Crippen LogP contribution is 2.41. The smallest absolute Gasteiger partial charge is 0.356 e. The van der Waals surface area contributed by atoms with Gasteiger partial charge in [-0.05, 0) is 12.8 Å². The lowest BCUT2D eigenvalue weighted by Gasteiger charge is -2.39. The van der Waals surface area contributed by atoms with Gasteiger partial charge in [0.05, 0.1) is 19.6 Å². The summed E-state index contributed by atoms with van der Waals surface area (Å²) in [5.41, 5.74) is -1.49. The normalized spacial score (nSPS) is 24.6. The van der Waals surface area contributed by atoms with Crippen molar-refractivity contribution >= 4 is 17.8 Å². The summed E-state index contributed by atoms with van der Waals surface area (Å²) in [4.78, 5) is 29.5. The molecule has 0 spiro atoms. The van der Waals surface area contributed by atoms with Gasteiger partial charge in [0.1, 0.15) is 17.8 Å². The zero-order valence-corrected chi connectivity index (χ0v) is 10.8. The predicted octanol–water partition coefficient (Wildman–Crippen LogP) is 0.878. The van der Waals surface area contributed by atoms with Crippen LogP contribution in [0.2, 0.25) is 0 Å². The van der Waals surface area contributed by atoms with Crippen molar-refractivity contribution in [2.24, 2.45) is 5.92 Å². The average Bonchev–Trinajstić information content (AvgIpc) is 2.41. The van der Waals surface area contributed by atoms with Crippen LogP contribution in [-0.2, 0) is 9.53 Å². The molecule has 108 valence electrons. The molecule has 1 aromatic heterocycles. The molecule has 8 heteroatoms. The van der Waals surface area contributed by atoms with Crippen molar-refractivity contribution in [1.29, 1.82) is 0 Å². The van der Waals surface area contributed by atoms with Crippen molar-refractivity contribution in [3.05, 3.63) is 18.1 Å². The highest BCUT2D eigenvalue weighted by molar-refractivity contribution is 5.87. The first-order chi connectivity index (χ1) is 9.43. The Hall–Kier alpha value is -2.25. The van der Waals surface area contributed by atoms with E-state index in [1.165, 1.54) is 19.5 Å². The van der Waals surface area contributed by atoms with Gasteiger partial charge in [-0.25, -0.2) is 19.2 Å². The molecule has 0 saturated heterocycles. The third-order valence-corrected chi connectivity index (χ3v) is 3.22. The number of hydrogen-bond donors (Lipinski definition) is 2. The number of nitrogens with zero attached hydrogens (tertiary/aromatic N) is 2. The summed E-state index contributed by atoms with van der Waals surface area (Å²) >= 11 is 0. The first kappa shape index (κ1) is 14.2. The number of carbonyl (C=O) groups excluding carboxylic acids is 1. The van der Waals surface area contributed by atoms with E-state index in [2.05, 4.69) is 20.0 Å². The summed E-state index contributed by atoms with van der Waals surface area (Å²) in [7, 11) is 1.23. The molecule has 1 heterocycles. The van der Waals surface area contributed by atoms with Crippen LogP contribution in [0.1, 0.15) is 23.3 Å². The van der Waals surface area contributed by atoms with Crippen LogP contribution in [0, 0.1) is 5.92 Å². The summed E-state index contributed by atoms with van der Waals surface area (Å²) in [5, 5.41) is 11.5. The Bertz CT molecular complexity index is 531. The van der Waals surface area contributed by atoms with Gasteiger partial charge in [0.2, 0.25) is 0 Å². The van der Waals surface area contributed by atoms with Gasteiger partial charge in [-0.3, -0.25) is 4.79 Å². The van der Waals surface area contributed by atoms with E-state index in [9.17, 15) is 14.0 Å². The highest BCUT2D eigenvalue weighted by Gasteiger charge is 2.48. The quantitative estimate of drug-likeness (QED) is 0.773. The number of hydrogen-bond acceptors (Lipinski definition) is 6. The van der Waals surface area contributed by atoms with Crippen LogP contribution < -0.4 is 5.32 Å². The number of carbonyl (C=O) groups is 2. The molecule has 0 bridgehead atoms. The number of methoxy groups -OCH3 is 1. The van der Waals surface area contributed by atoms with Crippen LogP contribution in [0.25, 0.3) is 0 Å². The summed E-state index contributed by atoms with van der Waals surface area (Å²) < 4.78 is 18.6. The lowest BCUT2D eigenvalue weighted by Crippen LogP contribution is -2.48. The summed E-state index contributed by atoms with van der Waals surface area (Å²) in [6, 6.07) is 1.35. The Morgan fingerprint density at radius 1 is 1.55 bits per heavy atom. The first-order valence-corrected chi connectivity index (χ1v) is 5.99. The molecule has 0 unspecified atom stereocenters. The molecule has 0 atom stereocenters. The van der Waals surface area contributed by atoms with Crippen molar-refractivity contribution in [3.8, 4) is 0 Å². The van der Waals surface area contributed by atoms with Gasteiger partial charge in [-0.1, -0.05) is 0 Å². The van der Waals surface area contributed by atoms with Gasteiger partial charge in [-0.15, -0.1) is 0 Å². The molecule has 1 fully saturated rings. The second-order valence-corrected chi connectivity index (χ2v) is 4.73. The van der Waals surface area contributed by atoms with Crippen molar-refractivity contribution in [3.63, 3.8) is 0 Å². The van der Waals surface area contributed by atoms with E-state index in [1.807, 2.05) is 0 Å². The molecule has 1 aliphatic rings. The third kappa shape index (κ3) is 3.01. The standard InChI is InChI=1S/C12H14FN3O4/c1-20-11(19)8-2-9(16-6-15-8)14-5-12(13)3-7(4-12)10(17)18/h2,6-7H,3-5H2,1H3,(H,17,18)(H,14,15,16). The maximum atomic E-state index is 14.1. The Morgan fingerprint density at radius 3 is 2.85 bits per heavy atom. The SMILES string of the molecule is COC(=O)c1cc(NCC2(F)CC(C(=O)O)C2)ncn1. The molecule has 2 N–H and O–H groups in total. The van der Waals surface area contributed by atoms with Crippen LogP contribution in [0.4, 0.5) is 10.2 Å². The van der Waals surface area contributed by atoms with Crippen LogP contribution in [-0.4, -0.2) is 46.3 Å². The van der Waals surface area contributed by atoms with Gasteiger partial charge in [0, 0.05) is 6.07 Å². The molecule has 0 radical (unpaired) electrons. The van der Waals surface area contributed by atoms with Gasteiger partial charge in [-0.2, -0.15) is 0 Å². The number of rotatable bonds is 5. The number of halogens is 1. The minimum absolute atomic E-state index is 0.0235. The topological polar surface area (TPSA) is 101 Å². The maximum Gasteiger partial charge on any atom is 0.356 e. The minimum atomic E-state index is -1.56. The molecule has 0 aromatic carbocycles. The molecule has 20 heavy (non-hydrogen) atoms. The number of nitrogens with one attached hydrogen (secondary N) is 1. The Morgan fingerprint density at radius 2 is 2.25 bits per heavy atom. The van der Waals surface area contributed by atoms with E-state index in [0.717, 1.165) is 0 Å². The van der Waals surface area contributed by atoms with E-state index in [0.29, 0.717) is 0 Å². The lowest BCUT2D eigenvalue weighted by atomic mass is 9.72. The molecule has 0 aliphatic heterocycles. The average molecular weight is 283 g/mol. The number of aromatic nitrogens is 2. The van der Waals surface area contributed by atoms with Crippen molar-refractivity contribution < 1.29 is 23.8 Å². The summed E-state index contributed by atoms with van der Waals surface area (Å²) in [6.45, 7) is -0.0611. The number of carboxylic acids is 1. The van der Waals surface area contributed by atoms with Gasteiger partial charge >= 0.3 is 11.9 Å². The second-order valence-electron chi connectivity index (χ2n) is 4.73. The zero-order chi connectivity index (χ0) is 14.8. The predicted molar refractivity (Wildman–Crippen MR) is 66.1 cm³/mol. The highest BCUT2D eigenvalue weighted by atomic mass is 19.1. The van der Waals surface area contributed by atoms with E-state index >= 15 is 0 Å². The van der Waals surface area contributed by atoms with Crippen molar-refractivity contribution in [1.82, 2.24) is 9.97 Å². The summed E-state index contributed by atoms with van der Waals surface area (Å²) in [6.07, 6.45) is 1.12. The van der Waals surface area contributed by atoms with Gasteiger partial charge in [0.15, 0.2) is 5.69 Å². The van der Waals surface area contributed by atoms with Crippen LogP contribution in [0.15, 0.2) is 12.4 Å². The molecule has 1 aliphatic carbocycles. The van der Waals surface area contributed by atoms with E-state index in [4.69, 9.17) is 5.11 Å². The molecular formula is C12H14FN3O4. The molecule has 1 saturated carbocycles. The first-order valence-electron chi connectivity index (χ1n) is 5.99. The third-order valence-electron chi connectivity index (χ3n) is 3.22. The van der Waals surface area contributed by atoms with Crippen molar-refractivity contribution in [2.75, 3.05) is 19.0 Å². The molecule has 7 nitrogen and oxygen atoms in total. The van der Waals surface area contributed by atoms with Crippen molar-refractivity contribution in [2.45, 2.75) is 18.5 Å². The largest absolute Gasteiger partial charge is 0.481 e. The van der Waals surface area contributed by atoms with E-state index in [-0.39, 0.29) is 30.9 Å². The Kier molecular flexibility index (Phi) is 3.82. The second kappa shape index (κ2) is 5.40. The Balaban J connectivity index is 1.92. The number of carboxylic acid groups (broad SMARTS) is 1. The molecular weight excluding hydrogens is 269 g/mol. The fourth-order valence-corrected chi connectivity index (χ4v) is 2.06. The maximum absolute atomic E-state index is 14.1. The minimum Gasteiger partial charge on any atom is -0.481 e. The van der Waals surface area contributed by atoms with E-state index < -0.39 is 23.5 Å². The number of alkyl halides is 1. The van der Waals surface area contributed by atoms with Crippen LogP contribution in [0.3, 0.4) is 0 Å². The summed E-state index contributed by atoms with van der Waals surface area (Å²) in [5.74, 6) is -1.93. The fourth-order valence-electron chi connectivity index (χ4n) is 2.06. The lowest BCUT2D eigenvalue weighted by molar-refractivity contribution is -0.150. The number of aliphatic carboxylic acids is 1. The number of ether oxygens (including phenoxy) is 1. The van der Waals surface area contributed by atoms with Crippen LogP contribution in [0.5, 0.6) is 0 Å². The fraction of sp³-hybridized carbons (Fsp3) is 0.500. The monoisotopic (exact) mass is 283 g/mol. The van der Waals surface area contributed by atoms with E-state index in [1.54, 1.807) is 0 Å². The molecule has 1 aromatic rings.